The van der Waals surface area contributed by atoms with E-state index < -0.39 is 0 Å². The van der Waals surface area contributed by atoms with Crippen molar-refractivity contribution in [1.29, 1.82) is 0 Å². The Morgan fingerprint density at radius 2 is 1.81 bits per heavy atom. The normalized spacial score (nSPS) is 19.6. The molecule has 0 bridgehead atoms. The van der Waals surface area contributed by atoms with Crippen LogP contribution in [0.3, 0.4) is 0 Å². The molecule has 2 heteroatoms. The lowest BCUT2D eigenvalue weighted by atomic mass is 9.98. The molecule has 1 fully saturated rings. The maximum atomic E-state index is 3.57. The SMILES string of the molecule is Cl.c1ccc2c([C@H]3CCCN3)cccc2c1. The van der Waals surface area contributed by atoms with E-state index in [1.54, 1.807) is 0 Å². The maximum absolute atomic E-state index is 3.57. The predicted octanol–water partition coefficient (Wildman–Crippen LogP) is 3.69. The summed E-state index contributed by atoms with van der Waals surface area (Å²) in [5.74, 6) is 0. The highest BCUT2D eigenvalue weighted by molar-refractivity contribution is 5.86. The van der Waals surface area contributed by atoms with E-state index in [1.165, 1.54) is 29.2 Å². The summed E-state index contributed by atoms with van der Waals surface area (Å²) < 4.78 is 0. The second kappa shape index (κ2) is 4.86. The molecule has 1 N–H and O–H groups in total. The zero-order valence-electron chi connectivity index (χ0n) is 9.15. The minimum atomic E-state index is 0. The minimum Gasteiger partial charge on any atom is -0.310 e. The first kappa shape index (κ1) is 11.4. The highest BCUT2D eigenvalue weighted by atomic mass is 35.5. The number of halogens is 1. The van der Waals surface area contributed by atoms with Gasteiger partial charge in [0, 0.05) is 6.04 Å². The molecule has 0 aromatic heterocycles. The standard InChI is InChI=1S/C14H15N.ClH/c1-2-7-12-11(5-1)6-3-8-13(12)14-9-4-10-15-14;/h1-3,5-8,14-15H,4,9-10H2;1H/t14-;/m1./s1. The summed E-state index contributed by atoms with van der Waals surface area (Å²) in [4.78, 5) is 0. The van der Waals surface area contributed by atoms with Crippen molar-refractivity contribution in [2.75, 3.05) is 6.54 Å². The maximum Gasteiger partial charge on any atom is 0.0326 e. The number of hydrogen-bond acceptors (Lipinski definition) is 1. The minimum absolute atomic E-state index is 0. The molecular weight excluding hydrogens is 218 g/mol. The Morgan fingerprint density at radius 1 is 1.00 bits per heavy atom. The van der Waals surface area contributed by atoms with Crippen molar-refractivity contribution >= 4 is 23.2 Å². The third kappa shape index (κ3) is 1.93. The summed E-state index contributed by atoms with van der Waals surface area (Å²) >= 11 is 0. The Bertz CT molecular complexity index is 470. The van der Waals surface area contributed by atoms with Crippen LogP contribution in [0.4, 0.5) is 0 Å². The van der Waals surface area contributed by atoms with Gasteiger partial charge < -0.3 is 5.32 Å². The van der Waals surface area contributed by atoms with E-state index in [2.05, 4.69) is 47.8 Å². The molecule has 0 radical (unpaired) electrons. The molecule has 0 aliphatic carbocycles. The number of nitrogens with one attached hydrogen (secondary N) is 1. The molecular formula is C14H16ClN. The fourth-order valence-electron chi connectivity index (χ4n) is 2.50. The van der Waals surface area contributed by atoms with Crippen molar-refractivity contribution in [2.24, 2.45) is 0 Å². The van der Waals surface area contributed by atoms with Gasteiger partial charge in [-0.15, -0.1) is 12.4 Å². The van der Waals surface area contributed by atoms with Gasteiger partial charge in [-0.25, -0.2) is 0 Å². The zero-order valence-corrected chi connectivity index (χ0v) is 9.96. The monoisotopic (exact) mass is 233 g/mol. The van der Waals surface area contributed by atoms with Crippen molar-refractivity contribution in [3.8, 4) is 0 Å². The molecule has 0 amide bonds. The molecule has 1 heterocycles. The van der Waals surface area contributed by atoms with Crippen LogP contribution in [0.2, 0.25) is 0 Å². The summed E-state index contributed by atoms with van der Waals surface area (Å²) in [6.07, 6.45) is 2.57. The summed E-state index contributed by atoms with van der Waals surface area (Å²) in [7, 11) is 0. The van der Waals surface area contributed by atoms with Crippen LogP contribution in [-0.2, 0) is 0 Å². The van der Waals surface area contributed by atoms with Crippen LogP contribution >= 0.6 is 12.4 Å². The zero-order chi connectivity index (χ0) is 10.1. The lowest BCUT2D eigenvalue weighted by Gasteiger charge is -2.13. The third-order valence-electron chi connectivity index (χ3n) is 3.26. The summed E-state index contributed by atoms with van der Waals surface area (Å²) in [6.45, 7) is 1.16. The van der Waals surface area contributed by atoms with Gasteiger partial charge in [0.25, 0.3) is 0 Å². The molecule has 1 aliphatic heterocycles. The number of benzene rings is 2. The second-order valence-corrected chi connectivity index (χ2v) is 4.22. The molecule has 3 rings (SSSR count). The first-order valence-electron chi connectivity index (χ1n) is 5.66. The quantitative estimate of drug-likeness (QED) is 0.792. The van der Waals surface area contributed by atoms with Gasteiger partial charge in [0.1, 0.15) is 0 Å². The van der Waals surface area contributed by atoms with Crippen LogP contribution in [-0.4, -0.2) is 6.54 Å². The Kier molecular flexibility index (Phi) is 3.47. The molecule has 2 aromatic carbocycles. The smallest absolute Gasteiger partial charge is 0.0326 e. The molecule has 84 valence electrons. The van der Waals surface area contributed by atoms with Crippen LogP contribution in [0.25, 0.3) is 10.8 Å². The fraction of sp³-hybridized carbons (Fsp3) is 0.286. The molecule has 1 saturated heterocycles. The van der Waals surface area contributed by atoms with Gasteiger partial charge >= 0.3 is 0 Å². The average molecular weight is 234 g/mol. The fourth-order valence-corrected chi connectivity index (χ4v) is 2.50. The van der Waals surface area contributed by atoms with Gasteiger partial charge in [-0.1, -0.05) is 42.5 Å². The molecule has 1 aliphatic rings. The van der Waals surface area contributed by atoms with Gasteiger partial charge in [-0.05, 0) is 35.7 Å². The Hall–Kier alpha value is -1.05. The summed E-state index contributed by atoms with van der Waals surface area (Å²) in [5.41, 5.74) is 1.46. The van der Waals surface area contributed by atoms with Gasteiger partial charge in [0.2, 0.25) is 0 Å². The molecule has 2 aromatic rings. The van der Waals surface area contributed by atoms with Crippen molar-refractivity contribution < 1.29 is 0 Å². The van der Waals surface area contributed by atoms with Crippen molar-refractivity contribution in [3.63, 3.8) is 0 Å². The van der Waals surface area contributed by atoms with E-state index in [0.717, 1.165) is 6.54 Å². The van der Waals surface area contributed by atoms with Crippen LogP contribution in [0, 0.1) is 0 Å². The van der Waals surface area contributed by atoms with Crippen LogP contribution < -0.4 is 5.32 Å². The van der Waals surface area contributed by atoms with E-state index in [4.69, 9.17) is 0 Å². The third-order valence-corrected chi connectivity index (χ3v) is 3.26. The molecule has 16 heavy (non-hydrogen) atoms. The van der Waals surface area contributed by atoms with Crippen molar-refractivity contribution in [2.45, 2.75) is 18.9 Å². The first-order valence-corrected chi connectivity index (χ1v) is 5.66. The number of rotatable bonds is 1. The lowest BCUT2D eigenvalue weighted by Crippen LogP contribution is -2.12. The second-order valence-electron chi connectivity index (χ2n) is 4.22. The van der Waals surface area contributed by atoms with Crippen LogP contribution in [0.5, 0.6) is 0 Å². The van der Waals surface area contributed by atoms with Crippen LogP contribution in [0.1, 0.15) is 24.4 Å². The lowest BCUT2D eigenvalue weighted by molar-refractivity contribution is 0.653. The molecule has 0 spiro atoms. The Morgan fingerprint density at radius 3 is 2.62 bits per heavy atom. The molecule has 1 nitrogen and oxygen atoms in total. The molecule has 0 saturated carbocycles. The van der Waals surface area contributed by atoms with Crippen molar-refractivity contribution in [3.05, 3.63) is 48.0 Å². The van der Waals surface area contributed by atoms with Crippen molar-refractivity contribution in [1.82, 2.24) is 5.32 Å². The van der Waals surface area contributed by atoms with E-state index in [1.807, 2.05) is 0 Å². The van der Waals surface area contributed by atoms with E-state index in [-0.39, 0.29) is 12.4 Å². The summed E-state index contributed by atoms with van der Waals surface area (Å²) in [6, 6.07) is 15.8. The van der Waals surface area contributed by atoms with Gasteiger partial charge in [-0.3, -0.25) is 0 Å². The molecule has 1 atom stereocenters. The largest absolute Gasteiger partial charge is 0.310 e. The van der Waals surface area contributed by atoms with E-state index >= 15 is 0 Å². The number of fused-ring (bicyclic) bond motifs is 1. The Labute approximate surface area is 102 Å². The number of hydrogen-bond donors (Lipinski definition) is 1. The predicted molar refractivity (Wildman–Crippen MR) is 71.2 cm³/mol. The highest BCUT2D eigenvalue weighted by Crippen LogP contribution is 2.29. The highest BCUT2D eigenvalue weighted by Gasteiger charge is 2.17. The van der Waals surface area contributed by atoms with Crippen LogP contribution in [0.15, 0.2) is 42.5 Å². The van der Waals surface area contributed by atoms with Gasteiger partial charge in [-0.2, -0.15) is 0 Å². The topological polar surface area (TPSA) is 12.0 Å². The van der Waals surface area contributed by atoms with E-state index in [0.29, 0.717) is 6.04 Å². The first-order chi connectivity index (χ1) is 7.45. The van der Waals surface area contributed by atoms with E-state index in [9.17, 15) is 0 Å². The average Bonchev–Trinajstić information content (AvgIpc) is 2.82. The Balaban J connectivity index is 0.000000963. The van der Waals surface area contributed by atoms with Gasteiger partial charge in [0.15, 0.2) is 0 Å². The molecule has 0 unspecified atom stereocenters. The summed E-state index contributed by atoms with van der Waals surface area (Å²) in [5, 5.41) is 6.32. The van der Waals surface area contributed by atoms with Gasteiger partial charge in [0.05, 0.1) is 0 Å².